The van der Waals surface area contributed by atoms with Gasteiger partial charge in [0.05, 0.1) is 24.5 Å². The zero-order valence-corrected chi connectivity index (χ0v) is 26.2. The highest BCUT2D eigenvalue weighted by Crippen LogP contribution is 2.45. The normalized spacial score (nSPS) is 22.0. The van der Waals surface area contributed by atoms with Crippen LogP contribution < -0.4 is 25.6 Å². The number of methoxy groups -OCH3 is 1. The Morgan fingerprint density at radius 2 is 1.77 bits per heavy atom. The molecule has 1 aliphatic carbocycles. The van der Waals surface area contributed by atoms with Gasteiger partial charge in [-0.3, -0.25) is 9.69 Å². The van der Waals surface area contributed by atoms with Crippen LogP contribution >= 0.6 is 0 Å². The van der Waals surface area contributed by atoms with Gasteiger partial charge in [-0.1, -0.05) is 0 Å². The van der Waals surface area contributed by atoms with Gasteiger partial charge in [-0.25, -0.2) is 35.8 Å². The lowest BCUT2D eigenvalue weighted by molar-refractivity contribution is -0.136. The second-order valence-corrected chi connectivity index (χ2v) is 13.8. The van der Waals surface area contributed by atoms with Crippen molar-refractivity contribution in [1.29, 1.82) is 0 Å². The first-order valence-corrected chi connectivity index (χ1v) is 16.7. The molecular weight excluding hydrogens is 663 g/mol. The number of sulfone groups is 1. The van der Waals surface area contributed by atoms with Gasteiger partial charge < -0.3 is 20.7 Å². The molecule has 3 N–H and O–H groups in total. The van der Waals surface area contributed by atoms with Gasteiger partial charge in [0.25, 0.3) is 0 Å². The first-order valence-electron chi connectivity index (χ1n) is 14.6. The van der Waals surface area contributed by atoms with E-state index in [0.717, 1.165) is 30.7 Å². The number of anilines is 2. The number of urea groups is 1. The number of amides is 3. The van der Waals surface area contributed by atoms with Crippen molar-refractivity contribution in [3.05, 3.63) is 47.2 Å². The van der Waals surface area contributed by atoms with E-state index in [9.17, 15) is 40.0 Å². The van der Waals surface area contributed by atoms with Crippen LogP contribution in [0.25, 0.3) is 0 Å². The molecule has 260 valence electrons. The molecule has 0 spiro atoms. The van der Waals surface area contributed by atoms with Crippen molar-refractivity contribution in [1.82, 2.24) is 15.6 Å². The fourth-order valence-corrected chi connectivity index (χ4v) is 6.41. The monoisotopic (exact) mass is 697 g/mol. The van der Waals surface area contributed by atoms with Crippen LogP contribution in [0.1, 0.15) is 42.7 Å². The molecule has 2 aromatic rings. The number of halogens is 7. The van der Waals surface area contributed by atoms with Crippen LogP contribution in [-0.4, -0.2) is 76.6 Å². The number of ether oxygens (including phenoxy) is 1. The number of rotatable bonds is 11. The Kier molecular flexibility index (Phi) is 11.1. The molecule has 47 heavy (non-hydrogen) atoms. The molecule has 1 aromatic heterocycles. The van der Waals surface area contributed by atoms with Crippen LogP contribution in [0.5, 0.6) is 5.75 Å². The number of carbonyl (C=O) groups is 2. The molecule has 18 heteroatoms. The molecule has 1 unspecified atom stereocenters. The molecule has 1 aromatic carbocycles. The van der Waals surface area contributed by atoms with E-state index in [1.165, 1.54) is 7.11 Å². The van der Waals surface area contributed by atoms with E-state index in [4.69, 9.17) is 4.74 Å². The zero-order valence-electron chi connectivity index (χ0n) is 25.3. The number of hydrogen-bond acceptors (Lipinski definition) is 7. The Bertz CT molecular complexity index is 1550. The summed E-state index contributed by atoms with van der Waals surface area (Å²) in [4.78, 5) is 30.9. The summed E-state index contributed by atoms with van der Waals surface area (Å²) in [5.41, 5.74) is -2.59. The number of nitrogens with one attached hydrogen (secondary N) is 3. The second kappa shape index (κ2) is 14.5. The largest absolute Gasteiger partial charge is 0.497 e. The van der Waals surface area contributed by atoms with Crippen molar-refractivity contribution >= 4 is 33.3 Å². The maximum absolute atomic E-state index is 15.3. The van der Waals surface area contributed by atoms with Crippen LogP contribution in [0.4, 0.5) is 47.0 Å². The van der Waals surface area contributed by atoms with E-state index < -0.39 is 118 Å². The van der Waals surface area contributed by atoms with Crippen LogP contribution in [0.2, 0.25) is 0 Å². The summed E-state index contributed by atoms with van der Waals surface area (Å²) >= 11 is 0. The summed E-state index contributed by atoms with van der Waals surface area (Å²) in [5.74, 6) is -8.49. The molecule has 3 amide bonds. The summed E-state index contributed by atoms with van der Waals surface area (Å²) in [6, 6.07) is 1.42. The van der Waals surface area contributed by atoms with Gasteiger partial charge in [0.1, 0.15) is 38.6 Å². The summed E-state index contributed by atoms with van der Waals surface area (Å²) in [6.45, 7) is -1.60. The third kappa shape index (κ3) is 8.75. The molecule has 0 radical (unpaired) electrons. The lowest BCUT2D eigenvalue weighted by atomic mass is 9.86. The van der Waals surface area contributed by atoms with Gasteiger partial charge in [0.2, 0.25) is 12.3 Å². The molecule has 4 rings (SSSR count). The van der Waals surface area contributed by atoms with E-state index >= 15 is 8.78 Å². The fourth-order valence-electron chi connectivity index (χ4n) is 5.94. The highest BCUT2D eigenvalue weighted by Gasteiger charge is 2.48. The van der Waals surface area contributed by atoms with E-state index in [1.54, 1.807) is 0 Å². The quantitative estimate of drug-likeness (QED) is 0.290. The van der Waals surface area contributed by atoms with Gasteiger partial charge in [-0.2, -0.15) is 13.2 Å². The minimum Gasteiger partial charge on any atom is -0.497 e. The van der Waals surface area contributed by atoms with Gasteiger partial charge in [0.15, 0.2) is 0 Å². The molecule has 2 atom stereocenters. The van der Waals surface area contributed by atoms with Gasteiger partial charge in [-0.15, -0.1) is 0 Å². The Morgan fingerprint density at radius 1 is 1.13 bits per heavy atom. The number of pyridine rings is 1. The average Bonchev–Trinajstić information content (AvgIpc) is 3.29. The zero-order chi connectivity index (χ0) is 34.7. The SMILES string of the molecule is COc1cc(F)c([C@@H]2CN(c3nccc(NCCS(C)(=O)=O)c3C(F)(F)F)C(=O)C2CNC(=O)N[C@H]2CC[C@H](C(F)F)CC2)c(F)c1. The number of aromatic nitrogens is 1. The summed E-state index contributed by atoms with van der Waals surface area (Å²) in [7, 11) is -2.37. The van der Waals surface area contributed by atoms with Crippen LogP contribution in [0, 0.1) is 23.5 Å². The number of benzene rings is 1. The van der Waals surface area contributed by atoms with Crippen molar-refractivity contribution in [2.75, 3.05) is 49.0 Å². The van der Waals surface area contributed by atoms with Gasteiger partial charge in [0, 0.05) is 67.7 Å². The Morgan fingerprint density at radius 3 is 2.32 bits per heavy atom. The second-order valence-electron chi connectivity index (χ2n) is 11.6. The molecule has 2 heterocycles. The van der Waals surface area contributed by atoms with E-state index in [2.05, 4.69) is 20.9 Å². The third-order valence-electron chi connectivity index (χ3n) is 8.31. The lowest BCUT2D eigenvalue weighted by Crippen LogP contribution is -2.46. The third-order valence-corrected chi connectivity index (χ3v) is 9.26. The van der Waals surface area contributed by atoms with Crippen LogP contribution in [-0.2, 0) is 20.8 Å². The Labute approximate surface area is 266 Å². The van der Waals surface area contributed by atoms with E-state index in [0.29, 0.717) is 4.90 Å². The van der Waals surface area contributed by atoms with Crippen LogP contribution in [0.15, 0.2) is 24.4 Å². The first kappa shape index (κ1) is 36.0. The summed E-state index contributed by atoms with van der Waals surface area (Å²) < 4.78 is 128. The van der Waals surface area contributed by atoms with Gasteiger partial charge >= 0.3 is 12.2 Å². The molecule has 0 bridgehead atoms. The van der Waals surface area contributed by atoms with Crippen molar-refractivity contribution in [2.45, 2.75) is 50.2 Å². The molecular formula is C29H34F7N5O5S. The summed E-state index contributed by atoms with van der Waals surface area (Å²) in [6.07, 6.45) is -4.78. The highest BCUT2D eigenvalue weighted by atomic mass is 32.2. The first-order chi connectivity index (χ1) is 22.0. The summed E-state index contributed by atoms with van der Waals surface area (Å²) in [5, 5.41) is 7.47. The minimum atomic E-state index is -5.11. The van der Waals surface area contributed by atoms with E-state index in [1.807, 2.05) is 0 Å². The number of alkyl halides is 5. The lowest BCUT2D eigenvalue weighted by Gasteiger charge is -2.28. The Hall–Kier alpha value is -3.83. The van der Waals surface area contributed by atoms with Crippen molar-refractivity contribution in [3.8, 4) is 5.75 Å². The molecule has 1 aliphatic heterocycles. The molecule has 1 saturated heterocycles. The van der Waals surface area contributed by atoms with Gasteiger partial charge in [-0.05, 0) is 31.7 Å². The number of hydrogen-bond donors (Lipinski definition) is 3. The maximum atomic E-state index is 15.3. The average molecular weight is 698 g/mol. The van der Waals surface area contributed by atoms with Crippen molar-refractivity contribution in [2.24, 2.45) is 11.8 Å². The van der Waals surface area contributed by atoms with Crippen LogP contribution in [0.3, 0.4) is 0 Å². The predicted molar refractivity (Wildman–Crippen MR) is 157 cm³/mol. The smallest absolute Gasteiger partial charge is 0.421 e. The number of carbonyl (C=O) groups excluding carboxylic acids is 2. The predicted octanol–water partition coefficient (Wildman–Crippen LogP) is 4.71. The molecule has 1 saturated carbocycles. The standard InChI is InChI=1S/C29H34F7N5O5S/c1-46-17-11-20(30)23(21(31)12-17)19-14-41(26-24(29(34,35)36)22(7-8-38-26)37-9-10-47(2,44)45)27(42)18(19)13-39-28(43)40-16-5-3-15(4-6-16)25(32)33/h7-8,11-12,15-16,18-19,25H,3-6,9-10,13-14H2,1-2H3,(H,37,38)(H2,39,40,43)/t15-,16-,18?,19-/m1/s1. The minimum absolute atomic E-state index is 0.186. The van der Waals surface area contributed by atoms with Crippen molar-refractivity contribution < 1.29 is 53.5 Å². The molecule has 2 fully saturated rings. The maximum Gasteiger partial charge on any atom is 0.421 e. The fraction of sp³-hybridized carbons (Fsp3) is 0.552. The topological polar surface area (TPSA) is 130 Å². The molecule has 10 nitrogen and oxygen atoms in total. The van der Waals surface area contributed by atoms with E-state index in [-0.39, 0.29) is 31.4 Å². The molecule has 2 aliphatic rings. The van der Waals surface area contributed by atoms with Crippen molar-refractivity contribution in [3.63, 3.8) is 0 Å². The number of nitrogens with zero attached hydrogens (tertiary/aromatic N) is 2. The Balaban J connectivity index is 1.64. The highest BCUT2D eigenvalue weighted by molar-refractivity contribution is 7.90.